The van der Waals surface area contributed by atoms with Crippen LogP contribution in [-0.2, 0) is 4.79 Å². The largest absolute Gasteiger partial charge is 0.320 e. The highest BCUT2D eigenvalue weighted by Gasteiger charge is 2.59. The van der Waals surface area contributed by atoms with Crippen LogP contribution in [0, 0.1) is 5.41 Å². The number of hydrogen-bond donors (Lipinski definition) is 1. The van der Waals surface area contributed by atoms with Crippen LogP contribution >= 0.6 is 11.3 Å². The Balaban J connectivity index is 1.87. The van der Waals surface area contributed by atoms with E-state index in [9.17, 15) is 4.79 Å². The average Bonchev–Trinajstić information content (AvgIpc) is 2.86. The smallest absolute Gasteiger partial charge is 0.244 e. The molecule has 19 heavy (non-hydrogen) atoms. The Morgan fingerprint density at radius 3 is 2.79 bits per heavy atom. The summed E-state index contributed by atoms with van der Waals surface area (Å²) < 4.78 is 0. The van der Waals surface area contributed by atoms with E-state index in [0.717, 1.165) is 25.8 Å². The maximum atomic E-state index is 12.7. The first-order valence-electron chi connectivity index (χ1n) is 7.10. The maximum absolute atomic E-state index is 12.7. The lowest BCUT2D eigenvalue weighted by molar-refractivity contribution is -0.132. The van der Waals surface area contributed by atoms with Gasteiger partial charge in [0.25, 0.3) is 0 Å². The van der Waals surface area contributed by atoms with Gasteiger partial charge in [-0.25, -0.2) is 0 Å². The Morgan fingerprint density at radius 2 is 2.26 bits per heavy atom. The summed E-state index contributed by atoms with van der Waals surface area (Å²) in [7, 11) is 0. The van der Waals surface area contributed by atoms with E-state index >= 15 is 0 Å². The summed E-state index contributed by atoms with van der Waals surface area (Å²) in [6, 6.07) is 4.19. The molecule has 3 rings (SSSR count). The topological polar surface area (TPSA) is 32.3 Å². The minimum Gasteiger partial charge on any atom is -0.320 e. The number of rotatable bonds is 4. The van der Waals surface area contributed by atoms with Gasteiger partial charge in [-0.1, -0.05) is 26.8 Å². The monoisotopic (exact) mass is 278 g/mol. The van der Waals surface area contributed by atoms with Gasteiger partial charge >= 0.3 is 0 Å². The molecule has 2 aliphatic rings. The van der Waals surface area contributed by atoms with Crippen LogP contribution in [0.5, 0.6) is 0 Å². The second-order valence-electron chi connectivity index (χ2n) is 6.60. The van der Waals surface area contributed by atoms with E-state index in [1.54, 1.807) is 11.3 Å². The molecule has 1 N–H and O–H groups in total. The Bertz CT molecular complexity index is 476. The van der Waals surface area contributed by atoms with Gasteiger partial charge in [0.15, 0.2) is 0 Å². The summed E-state index contributed by atoms with van der Waals surface area (Å²) in [4.78, 5) is 16.0. The van der Waals surface area contributed by atoms with Crippen molar-refractivity contribution >= 4 is 17.2 Å². The van der Waals surface area contributed by atoms with Gasteiger partial charge in [0.05, 0.1) is 0 Å². The average molecular weight is 278 g/mol. The van der Waals surface area contributed by atoms with Crippen molar-refractivity contribution in [3.05, 3.63) is 22.4 Å². The van der Waals surface area contributed by atoms with E-state index in [0.29, 0.717) is 5.91 Å². The number of nitrogens with zero attached hydrogens (tertiary/aromatic N) is 1. The van der Waals surface area contributed by atoms with Crippen molar-refractivity contribution in [1.29, 1.82) is 0 Å². The molecule has 1 aromatic rings. The molecule has 4 heteroatoms. The van der Waals surface area contributed by atoms with Crippen LogP contribution in [0.3, 0.4) is 0 Å². The normalized spacial score (nSPS) is 25.3. The zero-order valence-electron chi connectivity index (χ0n) is 11.9. The van der Waals surface area contributed by atoms with Gasteiger partial charge in [-0.15, -0.1) is 11.3 Å². The van der Waals surface area contributed by atoms with Gasteiger partial charge in [-0.05, 0) is 36.1 Å². The van der Waals surface area contributed by atoms with Crippen LogP contribution in [0.2, 0.25) is 0 Å². The fourth-order valence-electron chi connectivity index (χ4n) is 2.68. The number of carbonyl (C=O) groups excluding carboxylic acids is 1. The summed E-state index contributed by atoms with van der Waals surface area (Å²) in [5, 5.41) is 5.66. The molecular formula is C15H22N2OS. The quantitative estimate of drug-likeness (QED) is 0.917. The number of carbonyl (C=O) groups is 1. The lowest BCUT2D eigenvalue weighted by atomic mass is 9.89. The number of thiophene rings is 1. The van der Waals surface area contributed by atoms with E-state index in [4.69, 9.17) is 0 Å². The van der Waals surface area contributed by atoms with Gasteiger partial charge in [-0.2, -0.15) is 0 Å². The Morgan fingerprint density at radius 1 is 1.53 bits per heavy atom. The van der Waals surface area contributed by atoms with Gasteiger partial charge in [-0.3, -0.25) is 10.1 Å². The third-order valence-electron chi connectivity index (χ3n) is 4.51. The van der Waals surface area contributed by atoms with Crippen LogP contribution < -0.4 is 5.32 Å². The molecule has 2 heterocycles. The van der Waals surface area contributed by atoms with Crippen LogP contribution in [-0.4, -0.2) is 22.9 Å². The molecule has 1 saturated heterocycles. The molecule has 0 bridgehead atoms. The molecule has 1 aromatic heterocycles. The van der Waals surface area contributed by atoms with Crippen molar-refractivity contribution in [1.82, 2.24) is 10.2 Å². The maximum Gasteiger partial charge on any atom is 0.244 e. The first kappa shape index (κ1) is 13.1. The summed E-state index contributed by atoms with van der Waals surface area (Å²) in [6.07, 6.45) is 3.16. The molecule has 1 aliphatic carbocycles. The summed E-state index contributed by atoms with van der Waals surface area (Å²) in [5.41, 5.74) is -0.0499. The van der Waals surface area contributed by atoms with Crippen molar-refractivity contribution in [2.24, 2.45) is 5.41 Å². The predicted molar refractivity (Wildman–Crippen MR) is 77.9 cm³/mol. The van der Waals surface area contributed by atoms with Crippen LogP contribution in [0.25, 0.3) is 0 Å². The van der Waals surface area contributed by atoms with Gasteiger partial charge in [0.2, 0.25) is 5.91 Å². The molecule has 1 atom stereocenters. The molecule has 1 aliphatic heterocycles. The summed E-state index contributed by atoms with van der Waals surface area (Å²) >= 11 is 1.73. The van der Waals surface area contributed by atoms with Gasteiger partial charge in [0, 0.05) is 11.4 Å². The summed E-state index contributed by atoms with van der Waals surface area (Å²) in [5.74, 6) is 0.312. The highest BCUT2D eigenvalue weighted by atomic mass is 32.1. The highest BCUT2D eigenvalue weighted by molar-refractivity contribution is 7.10. The van der Waals surface area contributed by atoms with E-state index in [1.807, 2.05) is 0 Å². The molecular weight excluding hydrogens is 256 g/mol. The number of nitrogens with one attached hydrogen (secondary N) is 1. The molecule has 1 amide bonds. The molecule has 104 valence electrons. The van der Waals surface area contributed by atoms with E-state index in [2.05, 4.69) is 48.5 Å². The van der Waals surface area contributed by atoms with Crippen molar-refractivity contribution in [3.8, 4) is 0 Å². The van der Waals surface area contributed by atoms with E-state index in [1.165, 1.54) is 4.88 Å². The van der Waals surface area contributed by atoms with Gasteiger partial charge < -0.3 is 4.90 Å². The molecule has 3 nitrogen and oxygen atoms in total. The van der Waals surface area contributed by atoms with Crippen LogP contribution in [0.1, 0.15) is 51.1 Å². The zero-order chi connectivity index (χ0) is 13.7. The summed E-state index contributed by atoms with van der Waals surface area (Å²) in [6.45, 7) is 7.51. The number of hydrogen-bond acceptors (Lipinski definition) is 3. The second kappa shape index (κ2) is 4.32. The van der Waals surface area contributed by atoms with Gasteiger partial charge in [0.1, 0.15) is 11.7 Å². The zero-order valence-corrected chi connectivity index (χ0v) is 12.7. The van der Waals surface area contributed by atoms with Crippen LogP contribution in [0.15, 0.2) is 17.5 Å². The van der Waals surface area contributed by atoms with Crippen molar-refractivity contribution in [2.45, 2.75) is 51.7 Å². The molecule has 2 fully saturated rings. The highest BCUT2D eigenvalue weighted by Crippen LogP contribution is 2.47. The fourth-order valence-corrected chi connectivity index (χ4v) is 3.47. The van der Waals surface area contributed by atoms with E-state index < -0.39 is 0 Å². The van der Waals surface area contributed by atoms with Crippen molar-refractivity contribution in [2.75, 3.05) is 6.54 Å². The first-order chi connectivity index (χ1) is 8.97. The third kappa shape index (κ3) is 2.21. The number of amides is 1. The molecule has 1 saturated carbocycles. The van der Waals surface area contributed by atoms with E-state index in [-0.39, 0.29) is 17.1 Å². The first-order valence-corrected chi connectivity index (χ1v) is 7.98. The van der Waals surface area contributed by atoms with Crippen molar-refractivity contribution < 1.29 is 4.79 Å². The SMILES string of the molecule is CCC(C)(C)CN1C(=O)C2(CC2)NC1c1cccs1. The molecule has 0 aromatic carbocycles. The third-order valence-corrected chi connectivity index (χ3v) is 5.44. The molecule has 1 spiro atoms. The minimum atomic E-state index is -0.224. The predicted octanol–water partition coefficient (Wildman–Crippen LogP) is 3.15. The standard InChI is InChI=1S/C15H22N2OS/c1-4-14(2,3)10-17-12(11-6-5-9-19-11)16-15(7-8-15)13(17)18/h5-6,9,12,16H,4,7-8,10H2,1-3H3. The lowest BCUT2D eigenvalue weighted by Crippen LogP contribution is -2.38. The van der Waals surface area contributed by atoms with Crippen molar-refractivity contribution in [3.63, 3.8) is 0 Å². The second-order valence-corrected chi connectivity index (χ2v) is 7.57. The lowest BCUT2D eigenvalue weighted by Gasteiger charge is -2.32. The Kier molecular flexibility index (Phi) is 2.98. The fraction of sp³-hybridized carbons (Fsp3) is 0.667. The molecule has 0 radical (unpaired) electrons. The van der Waals surface area contributed by atoms with Crippen LogP contribution in [0.4, 0.5) is 0 Å². The minimum absolute atomic E-state index is 0.0841. The molecule has 1 unspecified atom stereocenters. The Hall–Kier alpha value is -0.870. The Labute approximate surface area is 119 Å².